The summed E-state index contributed by atoms with van der Waals surface area (Å²) in [6.07, 6.45) is 1.01. The zero-order valence-electron chi connectivity index (χ0n) is 17.3. The smallest absolute Gasteiger partial charge is 0.242 e. The van der Waals surface area contributed by atoms with Gasteiger partial charge in [-0.05, 0) is 44.9 Å². The molecule has 0 aliphatic heterocycles. The van der Waals surface area contributed by atoms with E-state index in [1.807, 2.05) is 45.0 Å². The maximum Gasteiger partial charge on any atom is 0.242 e. The predicted molar refractivity (Wildman–Crippen MR) is 119 cm³/mol. The van der Waals surface area contributed by atoms with Gasteiger partial charge >= 0.3 is 0 Å². The molecular weight excluding hydrogens is 407 g/mol. The fourth-order valence-electron chi connectivity index (χ4n) is 3.00. The van der Waals surface area contributed by atoms with Gasteiger partial charge in [0.1, 0.15) is 6.04 Å². The van der Waals surface area contributed by atoms with Crippen LogP contribution in [-0.2, 0) is 22.6 Å². The van der Waals surface area contributed by atoms with Crippen molar-refractivity contribution in [3.63, 3.8) is 0 Å². The van der Waals surface area contributed by atoms with Crippen LogP contribution < -0.4 is 5.32 Å². The molecule has 4 nitrogen and oxygen atoms in total. The van der Waals surface area contributed by atoms with Crippen molar-refractivity contribution in [2.24, 2.45) is 0 Å². The van der Waals surface area contributed by atoms with E-state index in [1.165, 1.54) is 0 Å². The Kier molecular flexibility index (Phi) is 8.54. The van der Waals surface area contributed by atoms with Crippen molar-refractivity contribution in [1.29, 1.82) is 0 Å². The molecule has 0 bridgehead atoms. The molecule has 0 spiro atoms. The molecule has 0 saturated carbocycles. The van der Waals surface area contributed by atoms with Crippen LogP contribution in [-0.4, -0.2) is 28.8 Å². The second-order valence-electron chi connectivity index (χ2n) is 7.38. The summed E-state index contributed by atoms with van der Waals surface area (Å²) in [5, 5.41) is 3.90. The number of rotatable bonds is 8. The normalized spacial score (nSPS) is 12.9. The Morgan fingerprint density at radius 2 is 1.69 bits per heavy atom. The van der Waals surface area contributed by atoms with Crippen LogP contribution in [0.4, 0.5) is 0 Å². The van der Waals surface area contributed by atoms with Gasteiger partial charge in [0.25, 0.3) is 0 Å². The largest absolute Gasteiger partial charge is 0.352 e. The number of aryl methyl sites for hydroxylation is 1. The van der Waals surface area contributed by atoms with Gasteiger partial charge in [0.2, 0.25) is 11.8 Å². The molecule has 0 radical (unpaired) electrons. The van der Waals surface area contributed by atoms with Crippen molar-refractivity contribution < 1.29 is 9.59 Å². The Morgan fingerprint density at radius 1 is 1.07 bits per heavy atom. The third-order valence-electron chi connectivity index (χ3n) is 5.00. The Morgan fingerprint density at radius 3 is 2.28 bits per heavy atom. The number of benzene rings is 2. The van der Waals surface area contributed by atoms with Gasteiger partial charge in [0.15, 0.2) is 0 Å². The molecule has 0 aromatic heterocycles. The van der Waals surface area contributed by atoms with Gasteiger partial charge in [0, 0.05) is 28.2 Å². The van der Waals surface area contributed by atoms with E-state index >= 15 is 0 Å². The number of amides is 2. The van der Waals surface area contributed by atoms with E-state index in [4.69, 9.17) is 23.2 Å². The van der Waals surface area contributed by atoms with Gasteiger partial charge in [-0.2, -0.15) is 0 Å². The molecule has 2 atom stereocenters. The molecule has 2 aromatic rings. The van der Waals surface area contributed by atoms with Gasteiger partial charge in [-0.15, -0.1) is 0 Å². The monoisotopic (exact) mass is 434 g/mol. The summed E-state index contributed by atoms with van der Waals surface area (Å²) in [7, 11) is 0. The highest BCUT2D eigenvalue weighted by Crippen LogP contribution is 2.27. The molecule has 0 unspecified atom stereocenters. The molecule has 29 heavy (non-hydrogen) atoms. The number of carbonyl (C=O) groups is 2. The highest BCUT2D eigenvalue weighted by atomic mass is 35.5. The highest BCUT2D eigenvalue weighted by Gasteiger charge is 2.28. The van der Waals surface area contributed by atoms with Crippen LogP contribution in [0.3, 0.4) is 0 Å². The molecule has 0 aliphatic carbocycles. The van der Waals surface area contributed by atoms with Crippen molar-refractivity contribution in [1.82, 2.24) is 10.2 Å². The molecule has 1 N–H and O–H groups in total. The Bertz CT molecular complexity index is 849. The molecule has 0 saturated heterocycles. The second kappa shape index (κ2) is 10.7. The standard InChI is InChI=1S/C23H28Cl2N2O2/c1-5-16(3)26-23(29)17(4)27(14-19-20(24)10-7-11-21(19)25)22(28)13-18-9-6-8-15(2)12-18/h6-12,16-17H,5,13-14H2,1-4H3,(H,26,29)/t16-,17-/m0/s1. The third kappa shape index (κ3) is 6.48. The van der Waals surface area contributed by atoms with Crippen LogP contribution in [0.25, 0.3) is 0 Å². The van der Waals surface area contributed by atoms with Crippen molar-refractivity contribution >= 4 is 35.0 Å². The number of hydrogen-bond donors (Lipinski definition) is 1. The first-order valence-corrected chi connectivity index (χ1v) is 10.6. The number of carbonyl (C=O) groups excluding carboxylic acids is 2. The maximum absolute atomic E-state index is 13.2. The Balaban J connectivity index is 2.31. The average molecular weight is 435 g/mol. The first kappa shape index (κ1) is 23.2. The Hall–Kier alpha value is -2.04. The summed E-state index contributed by atoms with van der Waals surface area (Å²) in [4.78, 5) is 27.5. The van der Waals surface area contributed by atoms with Crippen molar-refractivity contribution in [2.75, 3.05) is 0 Å². The van der Waals surface area contributed by atoms with Gasteiger partial charge in [-0.3, -0.25) is 9.59 Å². The lowest BCUT2D eigenvalue weighted by molar-refractivity contribution is -0.140. The lowest BCUT2D eigenvalue weighted by atomic mass is 10.1. The molecule has 2 aromatic carbocycles. The van der Waals surface area contributed by atoms with E-state index in [0.717, 1.165) is 17.5 Å². The Labute approximate surface area is 183 Å². The summed E-state index contributed by atoms with van der Waals surface area (Å²) >= 11 is 12.7. The first-order valence-electron chi connectivity index (χ1n) is 9.81. The van der Waals surface area contributed by atoms with E-state index in [0.29, 0.717) is 15.6 Å². The van der Waals surface area contributed by atoms with Gasteiger partial charge in [-0.1, -0.05) is 66.0 Å². The van der Waals surface area contributed by atoms with E-state index in [-0.39, 0.29) is 30.8 Å². The second-order valence-corrected chi connectivity index (χ2v) is 8.20. The number of nitrogens with zero attached hydrogens (tertiary/aromatic N) is 1. The summed E-state index contributed by atoms with van der Waals surface area (Å²) < 4.78 is 0. The van der Waals surface area contributed by atoms with E-state index in [1.54, 1.807) is 30.0 Å². The molecule has 0 aliphatic rings. The zero-order valence-corrected chi connectivity index (χ0v) is 18.8. The summed E-state index contributed by atoms with van der Waals surface area (Å²) in [5.74, 6) is -0.349. The van der Waals surface area contributed by atoms with Crippen LogP contribution in [0, 0.1) is 6.92 Å². The van der Waals surface area contributed by atoms with Gasteiger partial charge < -0.3 is 10.2 Å². The molecule has 2 amide bonds. The van der Waals surface area contributed by atoms with Crippen LogP contribution in [0.5, 0.6) is 0 Å². The van der Waals surface area contributed by atoms with E-state index < -0.39 is 6.04 Å². The van der Waals surface area contributed by atoms with E-state index in [9.17, 15) is 9.59 Å². The third-order valence-corrected chi connectivity index (χ3v) is 5.70. The number of nitrogens with one attached hydrogen (secondary N) is 1. The minimum atomic E-state index is -0.659. The minimum Gasteiger partial charge on any atom is -0.352 e. The molecular formula is C23H28Cl2N2O2. The average Bonchev–Trinajstić information content (AvgIpc) is 2.67. The molecule has 156 valence electrons. The summed E-state index contributed by atoms with van der Waals surface area (Å²) in [6, 6.07) is 12.4. The fourth-order valence-corrected chi connectivity index (χ4v) is 3.52. The molecule has 2 rings (SSSR count). The molecule has 0 heterocycles. The first-order chi connectivity index (χ1) is 13.7. The predicted octanol–water partition coefficient (Wildman–Crippen LogP) is 5.18. The number of halogens is 2. The van der Waals surface area contributed by atoms with Crippen LogP contribution in [0.1, 0.15) is 43.9 Å². The lowest BCUT2D eigenvalue weighted by Crippen LogP contribution is -2.50. The zero-order chi connectivity index (χ0) is 21.6. The van der Waals surface area contributed by atoms with Gasteiger partial charge in [0.05, 0.1) is 6.42 Å². The van der Waals surface area contributed by atoms with Crippen LogP contribution in [0.2, 0.25) is 10.0 Å². The maximum atomic E-state index is 13.2. The highest BCUT2D eigenvalue weighted by molar-refractivity contribution is 6.36. The summed E-state index contributed by atoms with van der Waals surface area (Å²) in [6.45, 7) is 7.82. The molecule has 6 heteroatoms. The van der Waals surface area contributed by atoms with Crippen molar-refractivity contribution in [2.45, 2.75) is 59.2 Å². The SMILES string of the molecule is CC[C@H](C)NC(=O)[C@H](C)N(Cc1c(Cl)cccc1Cl)C(=O)Cc1cccc(C)c1. The minimum absolute atomic E-state index is 0.0302. The fraction of sp³-hybridized carbons (Fsp3) is 0.391. The quantitative estimate of drug-likeness (QED) is 0.622. The van der Waals surface area contributed by atoms with Crippen molar-refractivity contribution in [3.05, 3.63) is 69.2 Å². The van der Waals surface area contributed by atoms with Crippen molar-refractivity contribution in [3.8, 4) is 0 Å². The number of hydrogen-bond acceptors (Lipinski definition) is 2. The summed E-state index contributed by atoms with van der Waals surface area (Å²) in [5.41, 5.74) is 2.62. The van der Waals surface area contributed by atoms with Crippen LogP contribution in [0.15, 0.2) is 42.5 Å². The van der Waals surface area contributed by atoms with E-state index in [2.05, 4.69) is 5.32 Å². The molecule has 0 fully saturated rings. The lowest BCUT2D eigenvalue weighted by Gasteiger charge is -2.30. The van der Waals surface area contributed by atoms with Gasteiger partial charge in [-0.25, -0.2) is 0 Å². The van der Waals surface area contributed by atoms with Crippen LogP contribution >= 0.6 is 23.2 Å². The topological polar surface area (TPSA) is 49.4 Å².